The van der Waals surface area contributed by atoms with Crippen LogP contribution in [0.4, 0.5) is 13.2 Å². The Morgan fingerprint density at radius 3 is 1.89 bits per heavy atom. The van der Waals surface area contributed by atoms with Crippen molar-refractivity contribution in [1.82, 2.24) is 0 Å². The zero-order valence-electron chi connectivity index (χ0n) is 16.6. The Labute approximate surface area is 165 Å². The third kappa shape index (κ3) is 6.02. The van der Waals surface area contributed by atoms with Crippen LogP contribution in [0.5, 0.6) is 5.75 Å². The fraction of sp³-hybridized carbons (Fsp3) is 0.500. The first kappa shape index (κ1) is 20.8. The summed E-state index contributed by atoms with van der Waals surface area (Å²) < 4.78 is 40.7. The van der Waals surface area contributed by atoms with Crippen molar-refractivity contribution in [3.05, 3.63) is 54.1 Å². The molecule has 3 rings (SSSR count). The summed E-state index contributed by atoms with van der Waals surface area (Å²) in [4.78, 5) is 0. The lowest BCUT2D eigenvalue weighted by molar-refractivity contribution is -0.274. The first-order valence-electron chi connectivity index (χ1n) is 10.3. The van der Waals surface area contributed by atoms with Crippen molar-refractivity contribution in [2.24, 2.45) is 11.8 Å². The van der Waals surface area contributed by atoms with Gasteiger partial charge in [0.1, 0.15) is 5.75 Å². The first-order valence-corrected chi connectivity index (χ1v) is 10.3. The predicted molar refractivity (Wildman–Crippen MR) is 107 cm³/mol. The molecule has 0 spiro atoms. The van der Waals surface area contributed by atoms with E-state index in [0.717, 1.165) is 23.0 Å². The normalized spacial score (nSPS) is 20.4. The summed E-state index contributed by atoms with van der Waals surface area (Å²) in [5.74, 6) is 2.11. The van der Waals surface area contributed by atoms with Gasteiger partial charge in [0.25, 0.3) is 0 Å². The highest BCUT2D eigenvalue weighted by Crippen LogP contribution is 2.38. The summed E-state index contributed by atoms with van der Waals surface area (Å²) in [5.41, 5.74) is 3.27. The summed E-state index contributed by atoms with van der Waals surface area (Å²) >= 11 is 0. The molecule has 2 aromatic rings. The molecule has 1 aliphatic rings. The Morgan fingerprint density at radius 2 is 1.39 bits per heavy atom. The maximum absolute atomic E-state index is 12.3. The molecule has 0 amide bonds. The number of hydrogen-bond acceptors (Lipinski definition) is 1. The molecule has 4 heteroatoms. The molecule has 1 nitrogen and oxygen atoms in total. The molecule has 0 N–H and O–H groups in total. The van der Waals surface area contributed by atoms with Crippen LogP contribution in [0.2, 0.25) is 0 Å². The van der Waals surface area contributed by atoms with Gasteiger partial charge in [0.05, 0.1) is 0 Å². The van der Waals surface area contributed by atoms with Gasteiger partial charge in [-0.15, -0.1) is 13.2 Å². The van der Waals surface area contributed by atoms with Gasteiger partial charge in [-0.05, 0) is 72.3 Å². The minimum Gasteiger partial charge on any atom is -0.406 e. The summed E-state index contributed by atoms with van der Waals surface area (Å²) in [6.45, 7) is 4.59. The minimum absolute atomic E-state index is 0.193. The Balaban J connectivity index is 1.57. The number of benzene rings is 2. The van der Waals surface area contributed by atoms with E-state index < -0.39 is 6.36 Å². The van der Waals surface area contributed by atoms with E-state index in [9.17, 15) is 13.2 Å². The van der Waals surface area contributed by atoms with E-state index >= 15 is 0 Å². The van der Waals surface area contributed by atoms with Crippen molar-refractivity contribution in [3.63, 3.8) is 0 Å². The van der Waals surface area contributed by atoms with E-state index in [0.29, 0.717) is 5.92 Å². The maximum Gasteiger partial charge on any atom is 0.573 e. The van der Waals surface area contributed by atoms with Gasteiger partial charge >= 0.3 is 6.36 Å². The van der Waals surface area contributed by atoms with Gasteiger partial charge in [-0.3, -0.25) is 0 Å². The maximum atomic E-state index is 12.3. The summed E-state index contributed by atoms with van der Waals surface area (Å²) in [6.07, 6.45) is 3.18. The molecule has 0 unspecified atom stereocenters. The molecule has 0 aromatic heterocycles. The molecule has 0 bridgehead atoms. The molecule has 28 heavy (non-hydrogen) atoms. The second kappa shape index (κ2) is 9.02. The Hall–Kier alpha value is -1.97. The fourth-order valence-electron chi connectivity index (χ4n) is 4.15. The van der Waals surface area contributed by atoms with Gasteiger partial charge in [-0.25, -0.2) is 0 Å². The monoisotopic (exact) mass is 390 g/mol. The van der Waals surface area contributed by atoms with Crippen molar-refractivity contribution in [1.29, 1.82) is 0 Å². The number of rotatable bonds is 6. The van der Waals surface area contributed by atoms with Gasteiger partial charge in [-0.2, -0.15) is 0 Å². The van der Waals surface area contributed by atoms with Crippen LogP contribution >= 0.6 is 0 Å². The van der Waals surface area contributed by atoms with Gasteiger partial charge < -0.3 is 4.74 Å². The molecule has 0 heterocycles. The number of hydrogen-bond donors (Lipinski definition) is 0. The lowest BCUT2D eigenvalue weighted by atomic mass is 9.76. The molecular formula is C24H29F3O. The van der Waals surface area contributed by atoms with Crippen molar-refractivity contribution >= 4 is 0 Å². The minimum atomic E-state index is -4.66. The predicted octanol–water partition coefficient (Wildman–Crippen LogP) is 7.96. The van der Waals surface area contributed by atoms with Crippen molar-refractivity contribution in [2.75, 3.05) is 0 Å². The van der Waals surface area contributed by atoms with Crippen molar-refractivity contribution in [2.45, 2.75) is 64.7 Å². The van der Waals surface area contributed by atoms with Crippen LogP contribution in [0.15, 0.2) is 48.5 Å². The highest BCUT2D eigenvalue weighted by Gasteiger charge is 2.31. The molecule has 152 valence electrons. The van der Waals surface area contributed by atoms with E-state index in [2.05, 4.69) is 42.8 Å². The Morgan fingerprint density at radius 1 is 0.857 bits per heavy atom. The van der Waals surface area contributed by atoms with E-state index in [-0.39, 0.29) is 5.75 Å². The number of ether oxygens (including phenoxy) is 1. The van der Waals surface area contributed by atoms with E-state index in [1.807, 2.05) is 0 Å². The number of halogens is 3. The summed E-state index contributed by atoms with van der Waals surface area (Å²) in [6, 6.07) is 14.5. The molecule has 1 fully saturated rings. The SMILES string of the molecule is CC(C)CCC1CCC(c2ccc(-c3ccc(OC(F)(F)F)cc3)cc2)CC1. The van der Waals surface area contributed by atoms with Gasteiger partial charge in [0, 0.05) is 0 Å². The third-order valence-corrected chi connectivity index (χ3v) is 5.80. The average Bonchev–Trinajstić information content (AvgIpc) is 2.66. The molecule has 0 aliphatic heterocycles. The van der Waals surface area contributed by atoms with Crippen LogP contribution in [0, 0.1) is 11.8 Å². The fourth-order valence-corrected chi connectivity index (χ4v) is 4.15. The molecule has 1 aliphatic carbocycles. The topological polar surface area (TPSA) is 9.23 Å². The quantitative estimate of drug-likeness (QED) is 0.486. The molecule has 0 saturated heterocycles. The lowest BCUT2D eigenvalue weighted by Gasteiger charge is -2.29. The second-order valence-electron chi connectivity index (χ2n) is 8.38. The zero-order chi connectivity index (χ0) is 20.1. The lowest BCUT2D eigenvalue weighted by Crippen LogP contribution is -2.16. The zero-order valence-corrected chi connectivity index (χ0v) is 16.6. The average molecular weight is 390 g/mol. The molecule has 0 atom stereocenters. The van der Waals surface area contributed by atoms with Crippen molar-refractivity contribution < 1.29 is 17.9 Å². The molecule has 1 saturated carbocycles. The van der Waals surface area contributed by atoms with E-state index in [1.54, 1.807) is 12.1 Å². The largest absolute Gasteiger partial charge is 0.573 e. The Bertz CT molecular complexity index is 724. The van der Waals surface area contributed by atoms with Crippen LogP contribution < -0.4 is 4.74 Å². The standard InChI is InChI=1S/C24H29F3O/c1-17(2)3-4-18-5-7-19(8-6-18)20-9-11-21(12-10-20)22-13-15-23(16-14-22)28-24(25,26)27/h9-19H,3-8H2,1-2H3. The first-order chi connectivity index (χ1) is 13.3. The van der Waals surface area contributed by atoms with Crippen LogP contribution in [0.1, 0.15) is 63.9 Å². The van der Waals surface area contributed by atoms with E-state index in [1.165, 1.54) is 56.2 Å². The van der Waals surface area contributed by atoms with Crippen molar-refractivity contribution in [3.8, 4) is 16.9 Å². The highest BCUT2D eigenvalue weighted by molar-refractivity contribution is 5.64. The van der Waals surface area contributed by atoms with E-state index in [4.69, 9.17) is 0 Å². The van der Waals surface area contributed by atoms with Crippen LogP contribution in [0.25, 0.3) is 11.1 Å². The third-order valence-electron chi connectivity index (χ3n) is 5.80. The highest BCUT2D eigenvalue weighted by atomic mass is 19.4. The van der Waals surface area contributed by atoms with Gasteiger partial charge in [0.15, 0.2) is 0 Å². The molecule has 0 radical (unpaired) electrons. The van der Waals surface area contributed by atoms with Crippen LogP contribution in [0.3, 0.4) is 0 Å². The van der Waals surface area contributed by atoms with Gasteiger partial charge in [0.2, 0.25) is 0 Å². The van der Waals surface area contributed by atoms with Crippen LogP contribution in [-0.2, 0) is 0 Å². The molecular weight excluding hydrogens is 361 g/mol. The van der Waals surface area contributed by atoms with Gasteiger partial charge in [-0.1, -0.05) is 63.1 Å². The summed E-state index contributed by atoms with van der Waals surface area (Å²) in [7, 11) is 0. The molecule has 2 aromatic carbocycles. The smallest absolute Gasteiger partial charge is 0.406 e. The Kier molecular flexibility index (Phi) is 6.69. The van der Waals surface area contributed by atoms with Crippen LogP contribution in [-0.4, -0.2) is 6.36 Å². The number of alkyl halides is 3. The second-order valence-corrected chi connectivity index (χ2v) is 8.38. The summed E-state index contributed by atoms with van der Waals surface area (Å²) in [5, 5.41) is 0.